The molecule has 0 fully saturated rings. The Hall–Kier alpha value is -3.18. The van der Waals surface area contributed by atoms with Crippen molar-refractivity contribution in [2.45, 2.75) is 13.0 Å². The van der Waals surface area contributed by atoms with Crippen LogP contribution >= 0.6 is 12.2 Å². The van der Waals surface area contributed by atoms with Crippen LogP contribution in [-0.4, -0.2) is 26.6 Å². The van der Waals surface area contributed by atoms with Crippen LogP contribution in [0.25, 0.3) is 16.7 Å². The van der Waals surface area contributed by atoms with E-state index >= 15 is 0 Å². The summed E-state index contributed by atoms with van der Waals surface area (Å²) in [5.41, 5.74) is 5.39. The number of fused-ring (bicyclic) bond motifs is 1. The van der Waals surface area contributed by atoms with E-state index in [1.807, 2.05) is 61.9 Å². The highest BCUT2D eigenvalue weighted by Gasteiger charge is 2.15. The molecule has 0 saturated carbocycles. The lowest BCUT2D eigenvalue weighted by atomic mass is 10.1. The summed E-state index contributed by atoms with van der Waals surface area (Å²) in [5.74, 6) is 0. The van der Waals surface area contributed by atoms with E-state index in [4.69, 9.17) is 12.2 Å². The molecular formula is C23H22N4S. The molecular weight excluding hydrogens is 364 g/mol. The molecule has 4 nitrogen and oxygen atoms in total. The molecule has 140 valence electrons. The van der Waals surface area contributed by atoms with E-state index in [0.717, 1.165) is 22.4 Å². The number of nitrogens with zero attached hydrogens (tertiary/aromatic N) is 3. The molecule has 0 aliphatic carbocycles. The molecule has 5 heteroatoms. The molecule has 1 atom stereocenters. The minimum absolute atomic E-state index is 0.150. The molecule has 0 radical (unpaired) electrons. The third-order valence-corrected chi connectivity index (χ3v) is 5.42. The summed E-state index contributed by atoms with van der Waals surface area (Å²) in [5, 5.41) is 3.99. The summed E-state index contributed by atoms with van der Waals surface area (Å²) in [7, 11) is 2.01. The van der Waals surface area contributed by atoms with Gasteiger partial charge >= 0.3 is 0 Å². The molecule has 0 amide bonds. The minimum Gasteiger partial charge on any atom is -0.345 e. The molecule has 0 aliphatic heterocycles. The van der Waals surface area contributed by atoms with E-state index in [9.17, 15) is 0 Å². The van der Waals surface area contributed by atoms with E-state index in [-0.39, 0.29) is 6.04 Å². The molecule has 28 heavy (non-hydrogen) atoms. The monoisotopic (exact) mass is 386 g/mol. The number of nitrogens with one attached hydrogen (secondary N) is 1. The highest BCUT2D eigenvalue weighted by molar-refractivity contribution is 7.80. The molecule has 4 aromatic rings. The van der Waals surface area contributed by atoms with Crippen LogP contribution in [0.1, 0.15) is 18.5 Å². The number of thiocarbonyl (C=S) groups is 1. The molecule has 1 aromatic heterocycles. The molecule has 0 bridgehead atoms. The largest absolute Gasteiger partial charge is 0.345 e. The second-order valence-electron chi connectivity index (χ2n) is 6.78. The van der Waals surface area contributed by atoms with Gasteiger partial charge in [0.25, 0.3) is 0 Å². The number of anilines is 1. The Kier molecular flexibility index (Phi) is 5.08. The molecule has 1 N–H and O–H groups in total. The SMILES string of the molecule is C[C@@H](c1ccc(-n2cnc3ccccc32)cc1)N(C)C(=S)Nc1ccccc1. The van der Waals surface area contributed by atoms with E-state index in [1.165, 1.54) is 5.56 Å². The number of hydrogen-bond acceptors (Lipinski definition) is 2. The zero-order valence-corrected chi connectivity index (χ0v) is 16.7. The maximum atomic E-state index is 5.58. The van der Waals surface area contributed by atoms with Gasteiger partial charge in [-0.15, -0.1) is 0 Å². The maximum absolute atomic E-state index is 5.58. The lowest BCUT2D eigenvalue weighted by Gasteiger charge is -2.28. The normalized spacial score (nSPS) is 11.9. The fourth-order valence-electron chi connectivity index (χ4n) is 3.21. The zero-order valence-electron chi connectivity index (χ0n) is 15.9. The smallest absolute Gasteiger partial charge is 0.173 e. The topological polar surface area (TPSA) is 33.1 Å². The quantitative estimate of drug-likeness (QED) is 0.475. The minimum atomic E-state index is 0.150. The first-order chi connectivity index (χ1) is 13.6. The van der Waals surface area contributed by atoms with Crippen molar-refractivity contribution in [3.63, 3.8) is 0 Å². The van der Waals surface area contributed by atoms with Gasteiger partial charge in [-0.05, 0) is 61.1 Å². The van der Waals surface area contributed by atoms with Crippen LogP contribution in [0.3, 0.4) is 0 Å². The third-order valence-electron chi connectivity index (χ3n) is 5.03. The highest BCUT2D eigenvalue weighted by Crippen LogP contribution is 2.23. The van der Waals surface area contributed by atoms with Crippen molar-refractivity contribution in [2.75, 3.05) is 12.4 Å². The van der Waals surface area contributed by atoms with Crippen LogP contribution in [0.5, 0.6) is 0 Å². The van der Waals surface area contributed by atoms with Gasteiger partial charge in [0.1, 0.15) is 6.33 Å². The van der Waals surface area contributed by atoms with Gasteiger partial charge in [-0.3, -0.25) is 4.57 Å². The summed E-state index contributed by atoms with van der Waals surface area (Å²) in [6.45, 7) is 2.15. The third kappa shape index (κ3) is 3.62. The summed E-state index contributed by atoms with van der Waals surface area (Å²) < 4.78 is 2.11. The van der Waals surface area contributed by atoms with Gasteiger partial charge in [0.2, 0.25) is 0 Å². The predicted molar refractivity (Wildman–Crippen MR) is 120 cm³/mol. The number of para-hydroxylation sites is 3. The Labute approximate surface area is 170 Å². The van der Waals surface area contributed by atoms with Gasteiger partial charge in [-0.1, -0.05) is 42.5 Å². The summed E-state index contributed by atoms with van der Waals surface area (Å²) >= 11 is 5.58. The fraction of sp³-hybridized carbons (Fsp3) is 0.130. The van der Waals surface area contributed by atoms with Crippen molar-refractivity contribution in [3.8, 4) is 5.69 Å². The van der Waals surface area contributed by atoms with Crippen molar-refractivity contribution < 1.29 is 0 Å². The van der Waals surface area contributed by atoms with Gasteiger partial charge in [-0.25, -0.2) is 4.98 Å². The van der Waals surface area contributed by atoms with Crippen molar-refractivity contribution in [2.24, 2.45) is 0 Å². The van der Waals surface area contributed by atoms with Crippen LogP contribution in [0, 0.1) is 0 Å². The average Bonchev–Trinajstić information content (AvgIpc) is 3.17. The Morgan fingerprint density at radius 2 is 1.64 bits per heavy atom. The summed E-state index contributed by atoms with van der Waals surface area (Å²) in [6.07, 6.45) is 1.87. The first-order valence-electron chi connectivity index (χ1n) is 9.25. The zero-order chi connectivity index (χ0) is 19.5. The second-order valence-corrected chi connectivity index (χ2v) is 7.16. The summed E-state index contributed by atoms with van der Waals surface area (Å²) in [4.78, 5) is 6.55. The van der Waals surface area contributed by atoms with Gasteiger partial charge in [0.15, 0.2) is 5.11 Å². The number of benzene rings is 3. The Morgan fingerprint density at radius 1 is 0.964 bits per heavy atom. The fourth-order valence-corrected chi connectivity index (χ4v) is 3.49. The molecule has 3 aromatic carbocycles. The average molecular weight is 387 g/mol. The van der Waals surface area contributed by atoms with Crippen molar-refractivity contribution in [3.05, 3.63) is 90.8 Å². The molecule has 4 rings (SSSR count). The highest BCUT2D eigenvalue weighted by atomic mass is 32.1. The van der Waals surface area contributed by atoms with E-state index in [1.54, 1.807) is 0 Å². The Balaban J connectivity index is 1.50. The van der Waals surface area contributed by atoms with E-state index < -0.39 is 0 Å². The lowest BCUT2D eigenvalue weighted by Crippen LogP contribution is -2.33. The van der Waals surface area contributed by atoms with Crippen molar-refractivity contribution >= 4 is 34.1 Å². The number of hydrogen-bond donors (Lipinski definition) is 1. The molecule has 0 saturated heterocycles. The van der Waals surface area contributed by atoms with Crippen LogP contribution in [0.2, 0.25) is 0 Å². The Morgan fingerprint density at radius 3 is 2.39 bits per heavy atom. The van der Waals surface area contributed by atoms with Crippen molar-refractivity contribution in [1.29, 1.82) is 0 Å². The molecule has 1 heterocycles. The maximum Gasteiger partial charge on any atom is 0.173 e. The first-order valence-corrected chi connectivity index (χ1v) is 9.65. The van der Waals surface area contributed by atoms with Gasteiger partial charge in [-0.2, -0.15) is 0 Å². The van der Waals surface area contributed by atoms with E-state index in [0.29, 0.717) is 5.11 Å². The van der Waals surface area contributed by atoms with Gasteiger partial charge in [0, 0.05) is 18.4 Å². The van der Waals surface area contributed by atoms with Crippen LogP contribution in [-0.2, 0) is 0 Å². The first kappa shape index (κ1) is 18.2. The van der Waals surface area contributed by atoms with Gasteiger partial charge in [0.05, 0.1) is 17.1 Å². The van der Waals surface area contributed by atoms with E-state index in [2.05, 4.69) is 57.0 Å². The second kappa shape index (κ2) is 7.82. The van der Waals surface area contributed by atoms with Gasteiger partial charge < -0.3 is 10.2 Å². The molecule has 0 aliphatic rings. The lowest BCUT2D eigenvalue weighted by molar-refractivity contribution is 0.408. The number of aromatic nitrogens is 2. The number of imidazole rings is 1. The standard InChI is InChI=1S/C23H22N4S/c1-17(26(2)23(28)25-19-8-4-3-5-9-19)18-12-14-20(15-13-18)27-16-24-21-10-6-7-11-22(21)27/h3-17H,1-2H3,(H,25,28)/t17-/m0/s1. The molecule has 0 unspecified atom stereocenters. The molecule has 0 spiro atoms. The predicted octanol–water partition coefficient (Wildman–Crippen LogP) is 5.42. The van der Waals surface area contributed by atoms with Crippen LogP contribution < -0.4 is 5.32 Å². The number of rotatable bonds is 4. The van der Waals surface area contributed by atoms with Crippen LogP contribution in [0.15, 0.2) is 85.2 Å². The van der Waals surface area contributed by atoms with Crippen molar-refractivity contribution in [1.82, 2.24) is 14.5 Å². The Bertz CT molecular complexity index is 1090. The van der Waals surface area contributed by atoms with Crippen LogP contribution in [0.4, 0.5) is 5.69 Å². The summed E-state index contributed by atoms with van der Waals surface area (Å²) in [6, 6.07) is 26.8.